The van der Waals surface area contributed by atoms with Gasteiger partial charge in [-0.05, 0) is 30.3 Å². The minimum Gasteiger partial charge on any atom is -0.497 e. The van der Waals surface area contributed by atoms with Crippen molar-refractivity contribution in [3.8, 4) is 23.0 Å². The summed E-state index contributed by atoms with van der Waals surface area (Å²) in [6, 6.07) is 10.5. The molecule has 0 bridgehead atoms. The monoisotopic (exact) mass is 272 g/mol. The molecule has 0 amide bonds. The maximum Gasteiger partial charge on any atom is 0.171 e. The van der Waals surface area contributed by atoms with Gasteiger partial charge in [-0.15, -0.1) is 0 Å². The fraction of sp³-hybridized carbons (Fsp3) is 0.133. The Balaban J connectivity index is 2.31. The van der Waals surface area contributed by atoms with E-state index < -0.39 is 0 Å². The minimum atomic E-state index is 0.462. The van der Waals surface area contributed by atoms with Crippen molar-refractivity contribution in [2.24, 2.45) is 0 Å². The van der Waals surface area contributed by atoms with Gasteiger partial charge in [0.15, 0.2) is 11.5 Å². The molecule has 0 radical (unpaired) electrons. The van der Waals surface area contributed by atoms with Crippen LogP contribution in [0, 0.1) is 5.41 Å². The number of hydrogen-bond acceptors (Lipinski definition) is 5. The second kappa shape index (κ2) is 5.97. The normalized spacial score (nSPS) is 9.90. The van der Waals surface area contributed by atoms with Crippen LogP contribution in [0.2, 0.25) is 0 Å². The van der Waals surface area contributed by atoms with Gasteiger partial charge in [0.25, 0.3) is 0 Å². The van der Waals surface area contributed by atoms with Crippen LogP contribution < -0.4 is 19.9 Å². The Morgan fingerprint density at radius 1 is 0.950 bits per heavy atom. The van der Waals surface area contributed by atoms with Gasteiger partial charge in [-0.25, -0.2) is 0 Å². The summed E-state index contributed by atoms with van der Waals surface area (Å²) in [7, 11) is 3.15. The number of hydrogen-bond donors (Lipinski definition) is 2. The van der Waals surface area contributed by atoms with Gasteiger partial charge in [-0.2, -0.15) is 0 Å². The van der Waals surface area contributed by atoms with Gasteiger partial charge in [0.2, 0.25) is 0 Å². The van der Waals surface area contributed by atoms with Gasteiger partial charge in [-0.3, -0.25) is 0 Å². The predicted octanol–water partition coefficient (Wildman–Crippen LogP) is 3.08. The van der Waals surface area contributed by atoms with E-state index >= 15 is 0 Å². The Hall–Kier alpha value is -2.69. The van der Waals surface area contributed by atoms with Crippen molar-refractivity contribution in [1.29, 1.82) is 5.41 Å². The molecule has 2 aromatic carbocycles. The first kappa shape index (κ1) is 13.7. The van der Waals surface area contributed by atoms with E-state index in [2.05, 4.69) is 0 Å². The molecule has 0 atom stereocenters. The third-order valence-electron chi connectivity index (χ3n) is 2.81. The molecule has 104 valence electrons. The van der Waals surface area contributed by atoms with E-state index in [9.17, 15) is 0 Å². The van der Waals surface area contributed by atoms with Gasteiger partial charge in [0.05, 0.1) is 14.2 Å². The Kier molecular flexibility index (Phi) is 4.10. The quantitative estimate of drug-likeness (QED) is 0.647. The lowest BCUT2D eigenvalue weighted by Crippen LogP contribution is -1.97. The van der Waals surface area contributed by atoms with E-state index in [1.165, 1.54) is 6.21 Å². The van der Waals surface area contributed by atoms with Crippen LogP contribution in [0.3, 0.4) is 0 Å². The van der Waals surface area contributed by atoms with Crippen molar-refractivity contribution in [2.75, 3.05) is 20.0 Å². The third kappa shape index (κ3) is 2.83. The standard InChI is InChI=1S/C15H16N2O3/c1-18-11-3-5-12(6-4-11)20-15-8-13(17)10(9-16)7-14(15)19-2/h3-9,16H,17H2,1-2H3. The molecular formula is C15H16N2O3. The Bertz CT molecular complexity index is 609. The summed E-state index contributed by atoms with van der Waals surface area (Å²) in [5.74, 6) is 2.42. The molecule has 5 heteroatoms. The van der Waals surface area contributed by atoms with E-state index in [0.29, 0.717) is 28.5 Å². The van der Waals surface area contributed by atoms with Crippen LogP contribution in [-0.2, 0) is 0 Å². The number of ether oxygens (including phenoxy) is 3. The van der Waals surface area contributed by atoms with Crippen LogP contribution in [0.1, 0.15) is 5.56 Å². The van der Waals surface area contributed by atoms with Crippen molar-refractivity contribution in [1.82, 2.24) is 0 Å². The summed E-state index contributed by atoms with van der Waals surface area (Å²) in [5.41, 5.74) is 6.90. The van der Waals surface area contributed by atoms with Crippen LogP contribution in [0.25, 0.3) is 0 Å². The molecule has 2 aromatic rings. The number of anilines is 1. The number of methoxy groups -OCH3 is 2. The van der Waals surface area contributed by atoms with Crippen molar-refractivity contribution in [3.63, 3.8) is 0 Å². The summed E-state index contributed by atoms with van der Waals surface area (Å²) < 4.78 is 16.1. The average molecular weight is 272 g/mol. The minimum absolute atomic E-state index is 0.462. The van der Waals surface area contributed by atoms with Crippen molar-refractivity contribution >= 4 is 11.9 Å². The summed E-state index contributed by atoms with van der Waals surface area (Å²) in [5, 5.41) is 7.28. The zero-order chi connectivity index (χ0) is 14.5. The Labute approximate surface area is 117 Å². The molecule has 0 heterocycles. The molecule has 0 fully saturated rings. The van der Waals surface area contributed by atoms with Crippen molar-refractivity contribution in [2.45, 2.75) is 0 Å². The SMILES string of the molecule is COc1ccc(Oc2cc(N)c(C=N)cc2OC)cc1. The maximum atomic E-state index is 7.28. The van der Waals surface area contributed by atoms with Crippen molar-refractivity contribution < 1.29 is 14.2 Å². The van der Waals surface area contributed by atoms with E-state index in [1.54, 1.807) is 50.6 Å². The van der Waals surface area contributed by atoms with Gasteiger partial charge < -0.3 is 25.4 Å². The molecule has 20 heavy (non-hydrogen) atoms. The van der Waals surface area contributed by atoms with Crippen molar-refractivity contribution in [3.05, 3.63) is 42.0 Å². The second-order valence-corrected chi connectivity index (χ2v) is 4.05. The average Bonchev–Trinajstić information content (AvgIpc) is 2.48. The molecule has 2 rings (SSSR count). The molecule has 5 nitrogen and oxygen atoms in total. The maximum absolute atomic E-state index is 7.28. The summed E-state index contributed by atoms with van der Waals surface area (Å²) in [6.45, 7) is 0. The predicted molar refractivity (Wildman–Crippen MR) is 78.4 cm³/mol. The first-order valence-electron chi connectivity index (χ1n) is 5.98. The van der Waals surface area contributed by atoms with Crippen LogP contribution in [-0.4, -0.2) is 20.4 Å². The highest BCUT2D eigenvalue weighted by Crippen LogP contribution is 2.35. The van der Waals surface area contributed by atoms with E-state index in [0.717, 1.165) is 5.75 Å². The number of rotatable bonds is 5. The summed E-state index contributed by atoms with van der Waals surface area (Å²) in [6.07, 6.45) is 1.18. The molecule has 0 aromatic heterocycles. The first-order chi connectivity index (χ1) is 9.67. The number of nitrogen functional groups attached to an aromatic ring is 1. The largest absolute Gasteiger partial charge is 0.497 e. The number of nitrogens with one attached hydrogen (secondary N) is 1. The second-order valence-electron chi connectivity index (χ2n) is 4.05. The molecule has 0 unspecified atom stereocenters. The molecular weight excluding hydrogens is 256 g/mol. The van der Waals surface area contributed by atoms with E-state index in [4.69, 9.17) is 25.4 Å². The smallest absolute Gasteiger partial charge is 0.171 e. The van der Waals surface area contributed by atoms with Gasteiger partial charge >= 0.3 is 0 Å². The summed E-state index contributed by atoms with van der Waals surface area (Å²) in [4.78, 5) is 0. The highest BCUT2D eigenvalue weighted by Gasteiger charge is 2.10. The fourth-order valence-corrected chi connectivity index (χ4v) is 1.73. The lowest BCUT2D eigenvalue weighted by Gasteiger charge is -2.13. The first-order valence-corrected chi connectivity index (χ1v) is 5.98. The van der Waals surface area contributed by atoms with Crippen LogP contribution >= 0.6 is 0 Å². The Morgan fingerprint density at radius 3 is 2.15 bits per heavy atom. The number of benzene rings is 2. The highest BCUT2D eigenvalue weighted by atomic mass is 16.5. The number of nitrogens with two attached hydrogens (primary N) is 1. The lowest BCUT2D eigenvalue weighted by atomic mass is 10.1. The molecule has 0 aliphatic heterocycles. The molecule has 0 aliphatic rings. The fourth-order valence-electron chi connectivity index (χ4n) is 1.73. The zero-order valence-corrected chi connectivity index (χ0v) is 11.3. The molecule has 3 N–H and O–H groups in total. The molecule has 0 saturated heterocycles. The van der Waals surface area contributed by atoms with Gasteiger partial charge in [-0.1, -0.05) is 0 Å². The lowest BCUT2D eigenvalue weighted by molar-refractivity contribution is 0.378. The third-order valence-corrected chi connectivity index (χ3v) is 2.81. The topological polar surface area (TPSA) is 77.6 Å². The molecule has 0 aliphatic carbocycles. The Morgan fingerprint density at radius 2 is 1.60 bits per heavy atom. The van der Waals surface area contributed by atoms with Crippen LogP contribution in [0.5, 0.6) is 23.0 Å². The van der Waals surface area contributed by atoms with E-state index in [1.807, 2.05) is 0 Å². The van der Waals surface area contributed by atoms with Crippen LogP contribution in [0.15, 0.2) is 36.4 Å². The van der Waals surface area contributed by atoms with Gasteiger partial charge in [0.1, 0.15) is 11.5 Å². The molecule has 0 saturated carbocycles. The summed E-state index contributed by atoms with van der Waals surface area (Å²) >= 11 is 0. The highest BCUT2D eigenvalue weighted by molar-refractivity contribution is 5.86. The molecule has 0 spiro atoms. The van der Waals surface area contributed by atoms with E-state index in [-0.39, 0.29) is 0 Å². The zero-order valence-electron chi connectivity index (χ0n) is 11.3. The van der Waals surface area contributed by atoms with Gasteiger partial charge in [0, 0.05) is 23.5 Å². The van der Waals surface area contributed by atoms with Crippen LogP contribution in [0.4, 0.5) is 5.69 Å².